The average Bonchev–Trinajstić information content (AvgIpc) is 3.11. The van der Waals surface area contributed by atoms with Crippen LogP contribution in [0.4, 0.5) is 0 Å². The van der Waals surface area contributed by atoms with Crippen molar-refractivity contribution in [3.8, 4) is 0 Å². The second-order valence-corrected chi connectivity index (χ2v) is 13.1. The molecule has 1 aromatic carbocycles. The van der Waals surface area contributed by atoms with Gasteiger partial charge >= 0.3 is 5.97 Å². The zero-order chi connectivity index (χ0) is 39.1. The van der Waals surface area contributed by atoms with Crippen molar-refractivity contribution >= 4 is 35.5 Å². The summed E-state index contributed by atoms with van der Waals surface area (Å²) in [6.45, 7) is 3.82. The zero-order valence-electron chi connectivity index (χ0n) is 30.5. The molecule has 15 N–H and O–H groups in total. The molecule has 0 aliphatic rings. The summed E-state index contributed by atoms with van der Waals surface area (Å²) >= 11 is 0. The number of carbonyl (C=O) groups is 6. The summed E-state index contributed by atoms with van der Waals surface area (Å²) in [5.41, 5.74) is 23.2. The number of hydrogen-bond acceptors (Lipinski definition) is 11. The molecule has 0 unspecified atom stereocenters. The van der Waals surface area contributed by atoms with Gasteiger partial charge in [-0.05, 0) is 88.9 Å². The number of aliphatic hydroxyl groups is 1. The number of carbonyl (C=O) groups excluding carboxylic acids is 5. The third-order valence-corrected chi connectivity index (χ3v) is 8.42. The molecule has 0 aromatic heterocycles. The van der Waals surface area contributed by atoms with E-state index in [4.69, 9.17) is 22.9 Å². The van der Waals surface area contributed by atoms with Crippen molar-refractivity contribution in [2.24, 2.45) is 28.9 Å². The first-order chi connectivity index (χ1) is 24.8. The lowest BCUT2D eigenvalue weighted by atomic mass is 10.00. The maximum atomic E-state index is 13.8. The molecule has 0 radical (unpaired) electrons. The zero-order valence-corrected chi connectivity index (χ0v) is 30.5. The summed E-state index contributed by atoms with van der Waals surface area (Å²) in [5, 5.41) is 32.3. The van der Waals surface area contributed by atoms with Crippen LogP contribution in [0.25, 0.3) is 0 Å². The van der Waals surface area contributed by atoms with E-state index in [1.54, 1.807) is 44.2 Å². The quantitative estimate of drug-likeness (QED) is 0.0442. The van der Waals surface area contributed by atoms with Crippen LogP contribution in [0.1, 0.15) is 77.2 Å². The molecule has 0 heterocycles. The van der Waals surface area contributed by atoms with Crippen molar-refractivity contribution in [3.05, 3.63) is 35.9 Å². The lowest BCUT2D eigenvalue weighted by Crippen LogP contribution is -2.60. The van der Waals surface area contributed by atoms with Crippen LogP contribution in [-0.4, -0.2) is 108 Å². The smallest absolute Gasteiger partial charge is 0.326 e. The van der Waals surface area contributed by atoms with Gasteiger partial charge in [0.1, 0.15) is 36.3 Å². The molecule has 17 nitrogen and oxygen atoms in total. The van der Waals surface area contributed by atoms with Gasteiger partial charge in [-0.15, -0.1) is 0 Å². The van der Waals surface area contributed by atoms with E-state index in [2.05, 4.69) is 26.6 Å². The lowest BCUT2D eigenvalue weighted by molar-refractivity contribution is -0.142. The topological polar surface area (TPSA) is 307 Å². The fourth-order valence-corrected chi connectivity index (χ4v) is 5.29. The van der Waals surface area contributed by atoms with E-state index in [0.717, 1.165) is 0 Å². The van der Waals surface area contributed by atoms with Crippen molar-refractivity contribution in [2.45, 2.75) is 114 Å². The number of benzene rings is 1. The number of carboxylic acids is 1. The Morgan fingerprint density at radius 3 is 1.40 bits per heavy atom. The first-order valence-electron chi connectivity index (χ1n) is 18.0. The van der Waals surface area contributed by atoms with Gasteiger partial charge in [0.25, 0.3) is 0 Å². The van der Waals surface area contributed by atoms with E-state index in [0.29, 0.717) is 63.7 Å². The van der Waals surface area contributed by atoms with E-state index in [1.165, 1.54) is 0 Å². The van der Waals surface area contributed by atoms with Crippen molar-refractivity contribution < 1.29 is 39.0 Å². The first kappa shape index (κ1) is 45.9. The molecule has 17 heteroatoms. The van der Waals surface area contributed by atoms with Crippen molar-refractivity contribution in [3.63, 3.8) is 0 Å². The van der Waals surface area contributed by atoms with E-state index in [9.17, 15) is 39.0 Å². The van der Waals surface area contributed by atoms with Crippen molar-refractivity contribution in [2.75, 3.05) is 26.2 Å². The van der Waals surface area contributed by atoms with E-state index >= 15 is 0 Å². The molecule has 0 fully saturated rings. The second kappa shape index (κ2) is 25.7. The molecule has 5 amide bonds. The van der Waals surface area contributed by atoms with Crippen molar-refractivity contribution in [1.82, 2.24) is 26.6 Å². The van der Waals surface area contributed by atoms with Crippen LogP contribution >= 0.6 is 0 Å². The van der Waals surface area contributed by atoms with Gasteiger partial charge in [0.15, 0.2) is 0 Å². The molecule has 1 aromatic rings. The highest BCUT2D eigenvalue weighted by Gasteiger charge is 2.33. The molecule has 0 saturated heterocycles. The monoisotopic (exact) mass is 735 g/mol. The standard InChI is InChI=1S/C35H61N9O8/c1-22(2)29(44-33(49)27(16-8-11-19-38)40-30(46)24(39)21-45)34(50)42-26(15-7-10-18-37)31(47)41-25(14-6-9-17-36)32(48)43-28(35(51)52)20-23-12-4-3-5-13-23/h3-5,12-13,22,24-29,45H,6-11,14-21,36-39H2,1-2H3,(H,40,46)(H,41,47)(H,42,50)(H,43,48)(H,44,49)(H,51,52)/t24-,25-,26-,27-,28-,29-/m0/s1. The number of unbranched alkanes of at least 4 members (excludes halogenated alkanes) is 3. The second-order valence-electron chi connectivity index (χ2n) is 13.1. The van der Waals surface area contributed by atoms with E-state index < -0.39 is 84.3 Å². The molecule has 0 aliphatic heterocycles. The van der Waals surface area contributed by atoms with Gasteiger partial charge in [-0.3, -0.25) is 24.0 Å². The summed E-state index contributed by atoms with van der Waals surface area (Å²) in [6.07, 6.45) is 3.63. The maximum Gasteiger partial charge on any atom is 0.326 e. The molecule has 52 heavy (non-hydrogen) atoms. The summed E-state index contributed by atoms with van der Waals surface area (Å²) in [7, 11) is 0. The number of aliphatic carboxylic acids is 1. The minimum absolute atomic E-state index is 0.0251. The van der Waals surface area contributed by atoms with Crippen LogP contribution in [-0.2, 0) is 35.2 Å². The Labute approximate surface area is 306 Å². The van der Waals surface area contributed by atoms with Gasteiger partial charge in [-0.1, -0.05) is 44.2 Å². The third-order valence-electron chi connectivity index (χ3n) is 8.42. The number of hydrogen-bond donors (Lipinski definition) is 11. The predicted octanol–water partition coefficient (Wildman–Crippen LogP) is -1.90. The van der Waals surface area contributed by atoms with E-state index in [-0.39, 0.29) is 25.7 Å². The van der Waals surface area contributed by atoms with Crippen LogP contribution in [0, 0.1) is 5.92 Å². The fourth-order valence-electron chi connectivity index (χ4n) is 5.29. The predicted molar refractivity (Wildman–Crippen MR) is 196 cm³/mol. The summed E-state index contributed by atoms with van der Waals surface area (Å²) in [5.74, 6) is -5.14. The van der Waals surface area contributed by atoms with Gasteiger partial charge in [0.2, 0.25) is 29.5 Å². The minimum atomic E-state index is -1.26. The molecule has 0 saturated carbocycles. The average molecular weight is 736 g/mol. The highest BCUT2D eigenvalue weighted by Crippen LogP contribution is 2.11. The number of carboxylic acid groups (broad SMARTS) is 1. The highest BCUT2D eigenvalue weighted by atomic mass is 16.4. The summed E-state index contributed by atoms with van der Waals surface area (Å²) in [4.78, 5) is 78.8. The van der Waals surface area contributed by atoms with Crippen LogP contribution in [0.2, 0.25) is 0 Å². The molecule has 0 bridgehead atoms. The summed E-state index contributed by atoms with van der Waals surface area (Å²) in [6, 6.07) is 1.82. The van der Waals surface area contributed by atoms with E-state index in [1.807, 2.05) is 0 Å². The molecule has 0 aliphatic carbocycles. The number of amides is 5. The number of rotatable bonds is 27. The number of nitrogens with two attached hydrogens (primary N) is 4. The largest absolute Gasteiger partial charge is 0.480 e. The Balaban J connectivity index is 3.22. The van der Waals surface area contributed by atoms with Gasteiger partial charge < -0.3 is 59.7 Å². The molecule has 1 rings (SSSR count). The van der Waals surface area contributed by atoms with Crippen molar-refractivity contribution in [1.29, 1.82) is 0 Å². The normalized spacial score (nSPS) is 14.6. The molecule has 6 atom stereocenters. The SMILES string of the molecule is CC(C)[C@H](NC(=O)[C@H](CCCCN)NC(=O)[C@@H](N)CO)C(=O)N[C@@H](CCCCN)C(=O)N[C@@H](CCCCN)C(=O)N[C@@H](Cc1ccccc1)C(=O)O. The lowest BCUT2D eigenvalue weighted by Gasteiger charge is -2.28. The maximum absolute atomic E-state index is 13.8. The van der Waals surface area contributed by atoms with Crippen LogP contribution in [0.3, 0.4) is 0 Å². The van der Waals surface area contributed by atoms with Crippen LogP contribution in [0.5, 0.6) is 0 Å². The number of nitrogens with one attached hydrogen (secondary N) is 5. The van der Waals surface area contributed by atoms with Gasteiger partial charge in [-0.25, -0.2) is 4.79 Å². The Hall–Kier alpha value is -4.16. The van der Waals surface area contributed by atoms with Gasteiger partial charge in [-0.2, -0.15) is 0 Å². The molecular formula is C35H61N9O8. The summed E-state index contributed by atoms with van der Waals surface area (Å²) < 4.78 is 0. The Morgan fingerprint density at radius 2 is 1.00 bits per heavy atom. The Morgan fingerprint density at radius 1 is 0.596 bits per heavy atom. The Bertz CT molecular complexity index is 1250. The third kappa shape index (κ3) is 17.4. The molecular weight excluding hydrogens is 674 g/mol. The van der Waals surface area contributed by atoms with Crippen LogP contribution < -0.4 is 49.5 Å². The Kier molecular flexibility index (Phi) is 22.7. The van der Waals surface area contributed by atoms with Gasteiger partial charge in [0, 0.05) is 6.42 Å². The first-order valence-corrected chi connectivity index (χ1v) is 18.0. The fraction of sp³-hybridized carbons (Fsp3) is 0.657. The highest BCUT2D eigenvalue weighted by molar-refractivity contribution is 5.96. The van der Waals surface area contributed by atoms with Crippen LogP contribution in [0.15, 0.2) is 30.3 Å². The minimum Gasteiger partial charge on any atom is -0.480 e. The molecule has 294 valence electrons. The van der Waals surface area contributed by atoms with Gasteiger partial charge in [0.05, 0.1) is 6.61 Å². The molecule has 0 spiro atoms. The number of aliphatic hydroxyl groups excluding tert-OH is 1.